The molecule has 5 heteroatoms. The number of hydrogen-bond donors (Lipinski definition) is 2. The predicted octanol–water partition coefficient (Wildman–Crippen LogP) is 3.15. The monoisotopic (exact) mass is 350 g/mol. The Bertz CT molecular complexity index is 644. The molecular weight excluding hydrogens is 332 g/mol. The zero-order valence-electron chi connectivity index (χ0n) is 12.6. The van der Waals surface area contributed by atoms with Crippen molar-refractivity contribution in [1.29, 1.82) is 0 Å². The van der Waals surface area contributed by atoms with Gasteiger partial charge in [0.15, 0.2) is 0 Å². The maximum absolute atomic E-state index is 12.3. The molecule has 0 saturated heterocycles. The maximum Gasteiger partial charge on any atom is 0.355 e. The molecule has 0 amide bonds. The number of dihydropyridines is 1. The second-order valence-electron chi connectivity index (χ2n) is 5.90. The zero-order chi connectivity index (χ0) is 15.8. The number of nitrogens with one attached hydrogen (secondary N) is 1. The summed E-state index contributed by atoms with van der Waals surface area (Å²) in [7, 11) is 0. The van der Waals surface area contributed by atoms with Crippen LogP contribution in [0.3, 0.4) is 0 Å². The van der Waals surface area contributed by atoms with E-state index in [1.807, 2.05) is 52.0 Å². The second kappa shape index (κ2) is 5.56. The van der Waals surface area contributed by atoms with Gasteiger partial charge in [0.2, 0.25) is 0 Å². The summed E-state index contributed by atoms with van der Waals surface area (Å²) in [5.41, 5.74) is 8.92. The zero-order valence-corrected chi connectivity index (χ0v) is 14.2. The number of rotatable bonds is 1. The highest BCUT2D eigenvalue weighted by atomic mass is 79.9. The molecule has 1 aliphatic heterocycles. The van der Waals surface area contributed by atoms with Crippen LogP contribution in [-0.2, 0) is 9.53 Å². The number of fused-ring (bicyclic) bond motifs is 1. The molecule has 1 aliphatic carbocycles. The standard InChI is InChI=1S/C16H19BrN2O2/c1-9-13(18)12-10(17)7-5-6-8-11(12)19-14(9)15(20)21-16(2,3)4/h5-8,19H,18H2,1-4H3. The topological polar surface area (TPSA) is 64.3 Å². The summed E-state index contributed by atoms with van der Waals surface area (Å²) in [5.74, 6) is -0.406. The van der Waals surface area contributed by atoms with E-state index in [-0.39, 0.29) is 0 Å². The van der Waals surface area contributed by atoms with E-state index in [4.69, 9.17) is 10.5 Å². The quantitative estimate of drug-likeness (QED) is 0.713. The van der Waals surface area contributed by atoms with E-state index in [2.05, 4.69) is 21.2 Å². The second-order valence-corrected chi connectivity index (χ2v) is 6.75. The Labute approximate surface area is 133 Å². The molecule has 2 rings (SSSR count). The predicted molar refractivity (Wildman–Crippen MR) is 87.1 cm³/mol. The van der Waals surface area contributed by atoms with Crippen LogP contribution in [0.1, 0.15) is 27.7 Å². The Hall–Kier alpha value is -1.75. The van der Waals surface area contributed by atoms with Crippen molar-refractivity contribution < 1.29 is 9.53 Å². The third-order valence-corrected chi connectivity index (χ3v) is 3.70. The van der Waals surface area contributed by atoms with Crippen molar-refractivity contribution in [3.8, 4) is 0 Å². The molecule has 0 fully saturated rings. The molecule has 0 aromatic heterocycles. The Morgan fingerprint density at radius 2 is 1.90 bits per heavy atom. The molecule has 1 heterocycles. The van der Waals surface area contributed by atoms with Crippen molar-refractivity contribution in [2.45, 2.75) is 33.3 Å². The summed E-state index contributed by atoms with van der Waals surface area (Å²) in [4.78, 5) is 12.3. The first-order chi connectivity index (χ1) is 9.70. The minimum absolute atomic E-state index is 0.382. The summed E-state index contributed by atoms with van der Waals surface area (Å²) in [6, 6.07) is 0. The van der Waals surface area contributed by atoms with Gasteiger partial charge in [-0.25, -0.2) is 4.79 Å². The molecule has 2 aliphatic rings. The molecular formula is C16H19BrN2O2. The van der Waals surface area contributed by atoms with Crippen LogP contribution in [0.2, 0.25) is 0 Å². The number of ether oxygens (including phenoxy) is 1. The van der Waals surface area contributed by atoms with Gasteiger partial charge in [0.25, 0.3) is 0 Å². The number of allylic oxidation sites excluding steroid dienone is 6. The van der Waals surface area contributed by atoms with E-state index in [1.165, 1.54) is 0 Å². The largest absolute Gasteiger partial charge is 0.455 e. The highest BCUT2D eigenvalue weighted by Crippen LogP contribution is 2.34. The molecule has 0 radical (unpaired) electrons. The van der Waals surface area contributed by atoms with Crippen molar-refractivity contribution in [2.75, 3.05) is 0 Å². The molecule has 4 nitrogen and oxygen atoms in total. The molecule has 21 heavy (non-hydrogen) atoms. The van der Waals surface area contributed by atoms with Gasteiger partial charge < -0.3 is 15.8 Å². The SMILES string of the molecule is CC1=C(C(=O)OC(C)(C)C)NC2=CC=CC=C(Br)C2=C1N. The highest BCUT2D eigenvalue weighted by molar-refractivity contribution is 9.12. The molecule has 0 unspecified atom stereocenters. The van der Waals surface area contributed by atoms with Gasteiger partial charge in [-0.05, 0) is 39.8 Å². The fourth-order valence-electron chi connectivity index (χ4n) is 2.05. The number of nitrogens with two attached hydrogens (primary N) is 1. The van der Waals surface area contributed by atoms with E-state index in [1.54, 1.807) is 0 Å². The number of hydrogen-bond acceptors (Lipinski definition) is 4. The molecule has 0 saturated carbocycles. The molecule has 0 bridgehead atoms. The van der Waals surface area contributed by atoms with Crippen LogP contribution in [0.5, 0.6) is 0 Å². The van der Waals surface area contributed by atoms with Crippen molar-refractivity contribution >= 4 is 21.9 Å². The molecule has 3 N–H and O–H groups in total. The Kier molecular flexibility index (Phi) is 4.14. The molecule has 112 valence electrons. The van der Waals surface area contributed by atoms with E-state index in [0.717, 1.165) is 15.8 Å². The fraction of sp³-hybridized carbons (Fsp3) is 0.312. The van der Waals surface area contributed by atoms with Crippen LogP contribution in [0.15, 0.2) is 57.0 Å². The minimum Gasteiger partial charge on any atom is -0.455 e. The summed E-state index contributed by atoms with van der Waals surface area (Å²) in [6.07, 6.45) is 7.58. The Morgan fingerprint density at radius 1 is 1.29 bits per heavy atom. The third kappa shape index (κ3) is 3.29. The van der Waals surface area contributed by atoms with Gasteiger partial charge >= 0.3 is 5.97 Å². The van der Waals surface area contributed by atoms with Crippen molar-refractivity contribution in [3.05, 3.63) is 57.0 Å². The molecule has 0 spiro atoms. The van der Waals surface area contributed by atoms with E-state index in [0.29, 0.717) is 17.0 Å². The number of carbonyl (C=O) groups excluding carboxylic acids is 1. The van der Waals surface area contributed by atoms with Gasteiger partial charge in [-0.3, -0.25) is 0 Å². The van der Waals surface area contributed by atoms with E-state index < -0.39 is 11.6 Å². The maximum atomic E-state index is 12.3. The van der Waals surface area contributed by atoms with Gasteiger partial charge in [0.05, 0.1) is 0 Å². The molecule has 0 aromatic carbocycles. The summed E-state index contributed by atoms with van der Waals surface area (Å²) < 4.78 is 6.30. The molecule has 0 atom stereocenters. The van der Waals surface area contributed by atoms with Gasteiger partial charge in [-0.2, -0.15) is 0 Å². The first-order valence-corrected chi connectivity index (χ1v) is 7.46. The lowest BCUT2D eigenvalue weighted by Crippen LogP contribution is -2.34. The molecule has 0 aromatic rings. The van der Waals surface area contributed by atoms with Crippen LogP contribution in [0.25, 0.3) is 0 Å². The first kappa shape index (κ1) is 15.6. The van der Waals surface area contributed by atoms with Crippen molar-refractivity contribution in [3.63, 3.8) is 0 Å². The van der Waals surface area contributed by atoms with E-state index in [9.17, 15) is 4.79 Å². The lowest BCUT2D eigenvalue weighted by atomic mass is 9.98. The van der Waals surface area contributed by atoms with Crippen LogP contribution in [-0.4, -0.2) is 11.6 Å². The summed E-state index contributed by atoms with van der Waals surface area (Å²) >= 11 is 3.51. The Morgan fingerprint density at radius 3 is 2.52 bits per heavy atom. The summed E-state index contributed by atoms with van der Waals surface area (Å²) in [6.45, 7) is 7.31. The Balaban J connectivity index is 2.47. The van der Waals surface area contributed by atoms with Crippen LogP contribution >= 0.6 is 15.9 Å². The van der Waals surface area contributed by atoms with Gasteiger partial charge in [-0.1, -0.05) is 28.1 Å². The normalized spacial score (nSPS) is 18.5. The highest BCUT2D eigenvalue weighted by Gasteiger charge is 2.29. The smallest absolute Gasteiger partial charge is 0.355 e. The van der Waals surface area contributed by atoms with Crippen molar-refractivity contribution in [2.24, 2.45) is 5.73 Å². The van der Waals surface area contributed by atoms with Gasteiger partial charge in [0, 0.05) is 27.0 Å². The number of esters is 1. The van der Waals surface area contributed by atoms with Gasteiger partial charge in [0.1, 0.15) is 11.3 Å². The average molecular weight is 351 g/mol. The number of halogens is 1. The lowest BCUT2D eigenvalue weighted by molar-refractivity contribution is -0.150. The first-order valence-electron chi connectivity index (χ1n) is 6.67. The van der Waals surface area contributed by atoms with Gasteiger partial charge in [-0.15, -0.1) is 0 Å². The third-order valence-electron chi connectivity index (χ3n) is 3.04. The van der Waals surface area contributed by atoms with Crippen LogP contribution < -0.4 is 11.1 Å². The minimum atomic E-state index is -0.553. The fourth-order valence-corrected chi connectivity index (χ4v) is 2.63. The lowest BCUT2D eigenvalue weighted by Gasteiger charge is -2.27. The van der Waals surface area contributed by atoms with Crippen LogP contribution in [0, 0.1) is 0 Å². The average Bonchev–Trinajstić information content (AvgIpc) is 2.53. The van der Waals surface area contributed by atoms with E-state index >= 15 is 0 Å². The summed E-state index contributed by atoms with van der Waals surface area (Å²) in [5, 5.41) is 3.13. The number of carbonyl (C=O) groups is 1. The van der Waals surface area contributed by atoms with Crippen LogP contribution in [0.4, 0.5) is 0 Å². The van der Waals surface area contributed by atoms with Crippen molar-refractivity contribution in [1.82, 2.24) is 5.32 Å².